The van der Waals surface area contributed by atoms with Gasteiger partial charge in [-0.05, 0) is 37.1 Å². The molecule has 6 heteroatoms. The molecule has 5 nitrogen and oxygen atoms in total. The van der Waals surface area contributed by atoms with E-state index < -0.39 is 9.84 Å². The number of carbonyl (C=O) groups excluding carboxylic acids is 1. The highest BCUT2D eigenvalue weighted by molar-refractivity contribution is 7.91. The van der Waals surface area contributed by atoms with Gasteiger partial charge in [0.05, 0.1) is 18.6 Å². The molecule has 0 saturated carbocycles. The molecule has 1 amide bonds. The molecule has 0 aromatic heterocycles. The Bertz CT molecular complexity index is 649. The monoisotopic (exact) mass is 323 g/mol. The van der Waals surface area contributed by atoms with E-state index in [0.717, 1.165) is 11.3 Å². The highest BCUT2D eigenvalue weighted by atomic mass is 32.2. The third kappa shape index (κ3) is 4.10. The van der Waals surface area contributed by atoms with E-state index in [4.69, 9.17) is 4.74 Å². The molecular formula is C16H21NO4S. The molecule has 1 heterocycles. The van der Waals surface area contributed by atoms with Crippen molar-refractivity contribution >= 4 is 21.8 Å². The van der Waals surface area contributed by atoms with Crippen molar-refractivity contribution in [2.24, 2.45) is 0 Å². The van der Waals surface area contributed by atoms with Crippen LogP contribution in [-0.2, 0) is 14.6 Å². The second-order valence-corrected chi connectivity index (χ2v) is 7.52. The van der Waals surface area contributed by atoms with Gasteiger partial charge in [0.15, 0.2) is 9.84 Å². The minimum Gasteiger partial charge on any atom is -0.497 e. The zero-order valence-electron chi connectivity index (χ0n) is 12.9. The van der Waals surface area contributed by atoms with Gasteiger partial charge >= 0.3 is 0 Å². The van der Waals surface area contributed by atoms with Crippen LogP contribution in [-0.4, -0.2) is 50.4 Å². The molecule has 1 aromatic carbocycles. The van der Waals surface area contributed by atoms with Crippen LogP contribution in [0.3, 0.4) is 0 Å². The molecule has 2 rings (SSSR count). The van der Waals surface area contributed by atoms with E-state index in [9.17, 15) is 13.2 Å². The quantitative estimate of drug-likeness (QED) is 0.774. The summed E-state index contributed by atoms with van der Waals surface area (Å²) in [5.41, 5.74) is 0.893. The highest BCUT2D eigenvalue weighted by Gasteiger charge is 2.33. The predicted octanol–water partition coefficient (Wildman–Crippen LogP) is 1.74. The van der Waals surface area contributed by atoms with Gasteiger partial charge in [0, 0.05) is 18.7 Å². The molecule has 1 fully saturated rings. The SMILES string of the molecule is CCN(C(=O)C=Cc1ccc(OC)cc1)C1CCS(=O)(=O)C1. The van der Waals surface area contributed by atoms with Crippen molar-refractivity contribution in [3.63, 3.8) is 0 Å². The molecule has 1 aliphatic rings. The fourth-order valence-electron chi connectivity index (χ4n) is 2.59. The van der Waals surface area contributed by atoms with E-state index >= 15 is 0 Å². The molecule has 120 valence electrons. The number of hydrogen-bond donors (Lipinski definition) is 0. The number of carbonyl (C=O) groups is 1. The van der Waals surface area contributed by atoms with Gasteiger partial charge in [0.25, 0.3) is 0 Å². The minimum absolute atomic E-state index is 0.0724. The molecule has 1 aromatic rings. The highest BCUT2D eigenvalue weighted by Crippen LogP contribution is 2.18. The number of nitrogens with zero attached hydrogens (tertiary/aromatic N) is 1. The lowest BCUT2D eigenvalue weighted by atomic mass is 10.2. The van der Waals surface area contributed by atoms with E-state index in [1.807, 2.05) is 31.2 Å². The van der Waals surface area contributed by atoms with Gasteiger partial charge in [-0.15, -0.1) is 0 Å². The number of hydrogen-bond acceptors (Lipinski definition) is 4. The first-order chi connectivity index (χ1) is 10.4. The third-order valence-corrected chi connectivity index (χ3v) is 5.56. The summed E-state index contributed by atoms with van der Waals surface area (Å²) in [7, 11) is -1.39. The average molecular weight is 323 g/mol. The number of likely N-dealkylation sites (N-methyl/N-ethyl adjacent to an activating group) is 1. The maximum absolute atomic E-state index is 12.3. The van der Waals surface area contributed by atoms with Crippen LogP contribution in [0, 0.1) is 0 Å². The number of sulfone groups is 1. The lowest BCUT2D eigenvalue weighted by Crippen LogP contribution is -2.40. The second kappa shape index (κ2) is 6.96. The summed E-state index contributed by atoms with van der Waals surface area (Å²) >= 11 is 0. The Morgan fingerprint density at radius 1 is 1.36 bits per heavy atom. The van der Waals surface area contributed by atoms with E-state index in [-0.39, 0.29) is 23.5 Å². The zero-order chi connectivity index (χ0) is 16.2. The van der Waals surface area contributed by atoms with Crippen molar-refractivity contribution in [3.8, 4) is 5.75 Å². The topological polar surface area (TPSA) is 63.7 Å². The predicted molar refractivity (Wildman–Crippen MR) is 86.5 cm³/mol. The normalized spacial score (nSPS) is 20.2. The summed E-state index contributed by atoms with van der Waals surface area (Å²) < 4.78 is 28.2. The van der Waals surface area contributed by atoms with Crippen molar-refractivity contribution in [2.75, 3.05) is 25.2 Å². The standard InChI is InChI=1S/C16H21NO4S/c1-3-17(14-10-11-22(19,20)12-14)16(18)9-6-13-4-7-15(21-2)8-5-13/h4-9,14H,3,10-12H2,1-2H3. The molecule has 0 spiro atoms. The van der Waals surface area contributed by atoms with Gasteiger partial charge in [0.2, 0.25) is 5.91 Å². The fourth-order valence-corrected chi connectivity index (χ4v) is 4.32. The Morgan fingerprint density at radius 2 is 2.05 bits per heavy atom. The summed E-state index contributed by atoms with van der Waals surface area (Å²) in [5, 5.41) is 0. The number of ether oxygens (including phenoxy) is 1. The smallest absolute Gasteiger partial charge is 0.246 e. The van der Waals surface area contributed by atoms with Gasteiger partial charge in [-0.2, -0.15) is 0 Å². The van der Waals surface area contributed by atoms with Crippen LogP contribution in [0.25, 0.3) is 6.08 Å². The van der Waals surface area contributed by atoms with E-state index in [1.165, 1.54) is 6.08 Å². The van der Waals surface area contributed by atoms with Crippen LogP contribution in [0.4, 0.5) is 0 Å². The largest absolute Gasteiger partial charge is 0.497 e. The van der Waals surface area contributed by atoms with E-state index in [2.05, 4.69) is 0 Å². The molecular weight excluding hydrogens is 302 g/mol. The van der Waals surface area contributed by atoms with Crippen LogP contribution in [0.1, 0.15) is 18.9 Å². The fraction of sp³-hybridized carbons (Fsp3) is 0.438. The van der Waals surface area contributed by atoms with Gasteiger partial charge in [-0.1, -0.05) is 12.1 Å². The summed E-state index contributed by atoms with van der Waals surface area (Å²) in [5.74, 6) is 0.849. The van der Waals surface area contributed by atoms with Crippen LogP contribution < -0.4 is 4.74 Å². The van der Waals surface area contributed by atoms with Crippen molar-refractivity contribution in [1.29, 1.82) is 0 Å². The Morgan fingerprint density at radius 3 is 2.55 bits per heavy atom. The first-order valence-electron chi connectivity index (χ1n) is 7.28. The molecule has 1 aliphatic heterocycles. The average Bonchev–Trinajstić information content (AvgIpc) is 2.86. The van der Waals surface area contributed by atoms with Crippen LogP contribution in [0.5, 0.6) is 5.75 Å². The molecule has 0 radical (unpaired) electrons. The van der Waals surface area contributed by atoms with Gasteiger partial charge < -0.3 is 9.64 Å². The van der Waals surface area contributed by atoms with Crippen molar-refractivity contribution in [2.45, 2.75) is 19.4 Å². The van der Waals surface area contributed by atoms with E-state index in [1.54, 1.807) is 18.1 Å². The van der Waals surface area contributed by atoms with Crippen molar-refractivity contribution in [1.82, 2.24) is 4.90 Å². The van der Waals surface area contributed by atoms with Crippen LogP contribution >= 0.6 is 0 Å². The maximum atomic E-state index is 12.3. The first-order valence-corrected chi connectivity index (χ1v) is 9.10. The molecule has 0 aliphatic carbocycles. The maximum Gasteiger partial charge on any atom is 0.246 e. The molecule has 22 heavy (non-hydrogen) atoms. The van der Waals surface area contributed by atoms with Crippen LogP contribution in [0.2, 0.25) is 0 Å². The summed E-state index contributed by atoms with van der Waals surface area (Å²) in [6.07, 6.45) is 3.75. The number of rotatable bonds is 5. The van der Waals surface area contributed by atoms with Gasteiger partial charge in [-0.25, -0.2) is 8.42 Å². The molecule has 0 bridgehead atoms. The Balaban J connectivity index is 2.04. The Kier molecular flexibility index (Phi) is 5.24. The summed E-state index contributed by atoms with van der Waals surface area (Å²) in [6.45, 7) is 2.37. The van der Waals surface area contributed by atoms with E-state index in [0.29, 0.717) is 13.0 Å². The first kappa shape index (κ1) is 16.5. The molecule has 1 unspecified atom stereocenters. The summed E-state index contributed by atoms with van der Waals surface area (Å²) in [6, 6.07) is 7.16. The molecule has 1 atom stereocenters. The summed E-state index contributed by atoms with van der Waals surface area (Å²) in [4.78, 5) is 13.9. The van der Waals surface area contributed by atoms with Gasteiger partial charge in [-0.3, -0.25) is 4.79 Å². The number of benzene rings is 1. The lowest BCUT2D eigenvalue weighted by molar-refractivity contribution is -0.127. The zero-order valence-corrected chi connectivity index (χ0v) is 13.7. The third-order valence-electron chi connectivity index (χ3n) is 3.81. The number of amides is 1. The number of methoxy groups -OCH3 is 1. The van der Waals surface area contributed by atoms with Crippen molar-refractivity contribution in [3.05, 3.63) is 35.9 Å². The Labute approximate surface area is 131 Å². The molecule has 1 saturated heterocycles. The van der Waals surface area contributed by atoms with Crippen LogP contribution in [0.15, 0.2) is 30.3 Å². The minimum atomic E-state index is -2.99. The Hall–Kier alpha value is -1.82. The lowest BCUT2D eigenvalue weighted by Gasteiger charge is -2.25. The molecule has 0 N–H and O–H groups in total. The second-order valence-electron chi connectivity index (χ2n) is 5.29. The van der Waals surface area contributed by atoms with Gasteiger partial charge in [0.1, 0.15) is 5.75 Å². The van der Waals surface area contributed by atoms with Crippen molar-refractivity contribution < 1.29 is 17.9 Å².